The Morgan fingerprint density at radius 3 is 2.20 bits per heavy atom. The Kier molecular flexibility index (Phi) is 4.80. The van der Waals surface area contributed by atoms with Gasteiger partial charge in [-0.15, -0.1) is 0 Å². The lowest BCUT2D eigenvalue weighted by Gasteiger charge is -2.16. The molecule has 20 heavy (non-hydrogen) atoms. The Morgan fingerprint density at radius 1 is 1.15 bits per heavy atom. The van der Waals surface area contributed by atoms with Gasteiger partial charge in [-0.05, 0) is 44.5 Å². The number of benzene rings is 1. The molecule has 0 unspecified atom stereocenters. The Labute approximate surface area is 116 Å². The van der Waals surface area contributed by atoms with Gasteiger partial charge >= 0.3 is 0 Å². The quantitative estimate of drug-likeness (QED) is 0.491. The molecule has 0 aliphatic carbocycles. The molecule has 0 atom stereocenters. The van der Waals surface area contributed by atoms with Crippen LogP contribution in [0.25, 0.3) is 5.76 Å². The van der Waals surface area contributed by atoms with E-state index in [1.54, 1.807) is 0 Å². The summed E-state index contributed by atoms with van der Waals surface area (Å²) in [6.07, 6.45) is 0.830. The molecule has 1 aromatic carbocycles. The first-order chi connectivity index (χ1) is 9.22. The molecule has 0 amide bonds. The van der Waals surface area contributed by atoms with E-state index in [2.05, 4.69) is 0 Å². The summed E-state index contributed by atoms with van der Waals surface area (Å²) < 4.78 is 0. The minimum Gasteiger partial charge on any atom is -0.872 e. The number of carbonyl (C=O) groups is 3. The third-order valence-electron chi connectivity index (χ3n) is 2.64. The fourth-order valence-electron chi connectivity index (χ4n) is 1.83. The van der Waals surface area contributed by atoms with E-state index in [1.165, 1.54) is 32.9 Å². The number of ketones is 3. The minimum atomic E-state index is -0.674. The van der Waals surface area contributed by atoms with Crippen LogP contribution in [0.5, 0.6) is 5.75 Å². The molecule has 0 heterocycles. The molecule has 0 aliphatic rings. The van der Waals surface area contributed by atoms with Crippen molar-refractivity contribution < 1.29 is 24.6 Å². The standard InChI is InChI=1S/C15H16O5/c1-8(16)4-11-6-15(20)13(7-12(11)10(3)18)14(19)5-9(2)17/h5-7,19-20H,4H2,1-3H3/p-1/b14-5-. The first-order valence-electron chi connectivity index (χ1n) is 5.98. The Hall–Kier alpha value is -2.43. The fraction of sp³-hybridized carbons (Fsp3) is 0.267. The van der Waals surface area contributed by atoms with Gasteiger partial charge in [0.1, 0.15) is 11.5 Å². The highest BCUT2D eigenvalue weighted by molar-refractivity contribution is 5.99. The van der Waals surface area contributed by atoms with Crippen molar-refractivity contribution in [1.82, 2.24) is 0 Å². The normalized spacial score (nSPS) is 11.2. The molecule has 106 valence electrons. The largest absolute Gasteiger partial charge is 0.872 e. The topological polar surface area (TPSA) is 94.5 Å². The maximum atomic E-state index is 11.8. The number of rotatable bonds is 5. The lowest BCUT2D eigenvalue weighted by atomic mass is 9.96. The summed E-state index contributed by atoms with van der Waals surface area (Å²) in [6.45, 7) is 3.88. The molecule has 1 N–H and O–H groups in total. The summed E-state index contributed by atoms with van der Waals surface area (Å²) in [5, 5.41) is 21.6. The molecule has 0 fully saturated rings. The van der Waals surface area contributed by atoms with Crippen molar-refractivity contribution in [2.24, 2.45) is 0 Å². The average Bonchev–Trinajstić information content (AvgIpc) is 2.26. The second-order valence-corrected chi connectivity index (χ2v) is 4.58. The summed E-state index contributed by atoms with van der Waals surface area (Å²) in [7, 11) is 0. The average molecular weight is 275 g/mol. The van der Waals surface area contributed by atoms with Gasteiger partial charge in [0.2, 0.25) is 0 Å². The number of aromatic hydroxyl groups is 1. The molecular formula is C15H15O5-. The van der Waals surface area contributed by atoms with Crippen LogP contribution in [0, 0.1) is 0 Å². The molecule has 5 nitrogen and oxygen atoms in total. The summed E-state index contributed by atoms with van der Waals surface area (Å²) in [6, 6.07) is 2.44. The molecule has 5 heteroatoms. The van der Waals surface area contributed by atoms with Gasteiger partial charge < -0.3 is 10.2 Å². The van der Waals surface area contributed by atoms with Gasteiger partial charge in [0, 0.05) is 17.5 Å². The lowest BCUT2D eigenvalue weighted by molar-refractivity contribution is -0.244. The van der Waals surface area contributed by atoms with Gasteiger partial charge in [0.25, 0.3) is 0 Å². The lowest BCUT2D eigenvalue weighted by Crippen LogP contribution is -2.09. The molecule has 0 spiro atoms. The third-order valence-corrected chi connectivity index (χ3v) is 2.64. The van der Waals surface area contributed by atoms with Crippen LogP contribution in [0.15, 0.2) is 18.2 Å². The van der Waals surface area contributed by atoms with Gasteiger partial charge in [-0.25, -0.2) is 0 Å². The molecule has 0 saturated carbocycles. The van der Waals surface area contributed by atoms with E-state index in [0.29, 0.717) is 5.56 Å². The Bertz CT molecular complexity index is 611. The van der Waals surface area contributed by atoms with E-state index in [1.807, 2.05) is 0 Å². The maximum Gasteiger partial charge on any atom is 0.160 e. The molecule has 0 aliphatic heterocycles. The molecule has 0 saturated heterocycles. The summed E-state index contributed by atoms with van der Waals surface area (Å²) in [4.78, 5) is 33.6. The fourth-order valence-corrected chi connectivity index (χ4v) is 1.83. The third kappa shape index (κ3) is 3.78. The van der Waals surface area contributed by atoms with Crippen LogP contribution >= 0.6 is 0 Å². The van der Waals surface area contributed by atoms with Crippen molar-refractivity contribution in [2.45, 2.75) is 27.2 Å². The van der Waals surface area contributed by atoms with E-state index in [0.717, 1.165) is 6.08 Å². The molecule has 0 aromatic heterocycles. The maximum absolute atomic E-state index is 11.8. The summed E-state index contributed by atoms with van der Waals surface area (Å²) in [5.41, 5.74) is 0.429. The zero-order valence-corrected chi connectivity index (χ0v) is 11.5. The smallest absolute Gasteiger partial charge is 0.160 e. The van der Waals surface area contributed by atoms with Crippen LogP contribution in [0.3, 0.4) is 0 Å². The zero-order valence-electron chi connectivity index (χ0n) is 11.5. The van der Waals surface area contributed by atoms with Crippen molar-refractivity contribution in [3.05, 3.63) is 34.9 Å². The van der Waals surface area contributed by atoms with E-state index in [9.17, 15) is 24.6 Å². The van der Waals surface area contributed by atoms with Crippen LogP contribution in [0.4, 0.5) is 0 Å². The number of allylic oxidation sites excluding steroid dienone is 1. The van der Waals surface area contributed by atoms with Gasteiger partial charge in [-0.3, -0.25) is 14.4 Å². The highest BCUT2D eigenvalue weighted by Crippen LogP contribution is 2.27. The van der Waals surface area contributed by atoms with Gasteiger partial charge in [-0.1, -0.05) is 5.76 Å². The number of phenolic OH excluding ortho intramolecular Hbond substituents is 1. The summed E-state index contributed by atoms with van der Waals surface area (Å²) >= 11 is 0. The van der Waals surface area contributed by atoms with Crippen molar-refractivity contribution >= 4 is 23.1 Å². The van der Waals surface area contributed by atoms with Gasteiger partial charge in [0.15, 0.2) is 11.6 Å². The second-order valence-electron chi connectivity index (χ2n) is 4.58. The van der Waals surface area contributed by atoms with Crippen LogP contribution in [0.2, 0.25) is 0 Å². The number of Topliss-reactive ketones (excluding diaryl/α,β-unsaturated/α-hetero) is 2. The SMILES string of the molecule is CC(=O)/C=C(\[O-])c1cc(C(C)=O)c(CC(C)=O)cc1O. The Morgan fingerprint density at radius 2 is 1.75 bits per heavy atom. The van der Waals surface area contributed by atoms with Crippen molar-refractivity contribution in [2.75, 3.05) is 0 Å². The van der Waals surface area contributed by atoms with Crippen molar-refractivity contribution in [3.63, 3.8) is 0 Å². The molecule has 0 radical (unpaired) electrons. The number of hydrogen-bond donors (Lipinski definition) is 1. The van der Waals surface area contributed by atoms with Crippen LogP contribution in [-0.2, 0) is 16.0 Å². The first kappa shape index (κ1) is 15.6. The number of carbonyl (C=O) groups excluding carboxylic acids is 3. The van der Waals surface area contributed by atoms with Crippen molar-refractivity contribution in [3.8, 4) is 5.75 Å². The number of hydrogen-bond acceptors (Lipinski definition) is 5. The zero-order chi connectivity index (χ0) is 15.4. The van der Waals surface area contributed by atoms with E-state index < -0.39 is 11.5 Å². The van der Waals surface area contributed by atoms with E-state index in [-0.39, 0.29) is 34.9 Å². The molecule has 0 bridgehead atoms. The van der Waals surface area contributed by atoms with Crippen LogP contribution < -0.4 is 5.11 Å². The van der Waals surface area contributed by atoms with E-state index >= 15 is 0 Å². The predicted octanol–water partition coefficient (Wildman–Crippen LogP) is 1.02. The van der Waals surface area contributed by atoms with E-state index in [4.69, 9.17) is 0 Å². The predicted molar refractivity (Wildman–Crippen MR) is 71.2 cm³/mol. The van der Waals surface area contributed by atoms with Crippen LogP contribution in [0.1, 0.15) is 42.3 Å². The summed E-state index contributed by atoms with van der Waals surface area (Å²) in [5.74, 6) is -1.97. The number of phenols is 1. The molecule has 1 rings (SSSR count). The molecule has 1 aromatic rings. The molecular weight excluding hydrogens is 260 g/mol. The highest BCUT2D eigenvalue weighted by atomic mass is 16.3. The van der Waals surface area contributed by atoms with Gasteiger partial charge in [-0.2, -0.15) is 0 Å². The minimum absolute atomic E-state index is 0.00658. The highest BCUT2D eigenvalue weighted by Gasteiger charge is 2.13. The monoisotopic (exact) mass is 275 g/mol. The van der Waals surface area contributed by atoms with Crippen LogP contribution in [-0.4, -0.2) is 22.5 Å². The van der Waals surface area contributed by atoms with Gasteiger partial charge in [0.05, 0.1) is 0 Å². The first-order valence-corrected chi connectivity index (χ1v) is 5.98. The Balaban J connectivity index is 3.44. The van der Waals surface area contributed by atoms with Crippen molar-refractivity contribution in [1.29, 1.82) is 0 Å². The second kappa shape index (κ2) is 6.14.